The van der Waals surface area contributed by atoms with E-state index in [4.69, 9.17) is 0 Å². The molecule has 0 aromatic carbocycles. The molecule has 1 heterocycles. The Morgan fingerprint density at radius 1 is 1.37 bits per heavy atom. The smallest absolute Gasteiger partial charge is 0.101 e. The zero-order valence-electron chi connectivity index (χ0n) is 11.8. The van der Waals surface area contributed by atoms with Crippen LogP contribution in [0, 0.1) is 0 Å². The van der Waals surface area contributed by atoms with E-state index < -0.39 is 6.10 Å². The molecule has 0 saturated carbocycles. The quantitative estimate of drug-likeness (QED) is 0.728. The van der Waals surface area contributed by atoms with Crippen molar-refractivity contribution in [3.63, 3.8) is 0 Å². The van der Waals surface area contributed by atoms with Crippen LogP contribution in [-0.2, 0) is 11.8 Å². The molecule has 19 heavy (non-hydrogen) atoms. The lowest BCUT2D eigenvalue weighted by molar-refractivity contribution is 0.102. The summed E-state index contributed by atoms with van der Waals surface area (Å²) in [6.07, 6.45) is 9.67. The normalized spacial score (nSPS) is 13.6. The summed E-state index contributed by atoms with van der Waals surface area (Å²) in [4.78, 5) is 4.63. The van der Waals surface area contributed by atoms with Crippen molar-refractivity contribution < 1.29 is 5.11 Å². The third-order valence-electron chi connectivity index (χ3n) is 3.12. The number of allylic oxidation sites excluding steroid dienone is 3. The molecular formula is C16H23NOS. The minimum absolute atomic E-state index is 0.331. The topological polar surface area (TPSA) is 33.1 Å². The fourth-order valence-electron chi connectivity index (χ4n) is 1.69. The summed E-state index contributed by atoms with van der Waals surface area (Å²) in [5, 5.41) is 13.2. The summed E-state index contributed by atoms with van der Waals surface area (Å²) in [5.41, 5.74) is 0.723. The van der Waals surface area contributed by atoms with Gasteiger partial charge in [-0.05, 0) is 12.8 Å². The van der Waals surface area contributed by atoms with Crippen molar-refractivity contribution in [3.05, 3.63) is 53.5 Å². The van der Waals surface area contributed by atoms with Crippen molar-refractivity contribution in [2.24, 2.45) is 0 Å². The van der Waals surface area contributed by atoms with Gasteiger partial charge in [0.2, 0.25) is 0 Å². The van der Waals surface area contributed by atoms with Crippen LogP contribution in [0.4, 0.5) is 0 Å². The van der Waals surface area contributed by atoms with Crippen LogP contribution < -0.4 is 0 Å². The highest BCUT2D eigenvalue weighted by Crippen LogP contribution is 2.31. The van der Waals surface area contributed by atoms with E-state index in [0.717, 1.165) is 23.5 Å². The van der Waals surface area contributed by atoms with E-state index in [1.807, 2.05) is 19.9 Å². The summed E-state index contributed by atoms with van der Waals surface area (Å²) >= 11 is 1.62. The van der Waals surface area contributed by atoms with E-state index in [1.165, 1.54) is 0 Å². The molecule has 0 radical (unpaired) electrons. The predicted molar refractivity (Wildman–Crippen MR) is 83.6 cm³/mol. The second-order valence-electron chi connectivity index (χ2n) is 5.11. The van der Waals surface area contributed by atoms with Crippen LogP contribution in [0.2, 0.25) is 0 Å². The molecule has 1 rings (SSSR count). The maximum atomic E-state index is 10.2. The van der Waals surface area contributed by atoms with Gasteiger partial charge in [-0.2, -0.15) is 0 Å². The van der Waals surface area contributed by atoms with Gasteiger partial charge in [0.25, 0.3) is 0 Å². The molecule has 1 N–H and O–H groups in total. The third-order valence-corrected chi connectivity index (χ3v) is 4.35. The molecule has 0 bridgehead atoms. The van der Waals surface area contributed by atoms with Crippen molar-refractivity contribution in [2.45, 2.75) is 44.6 Å². The van der Waals surface area contributed by atoms with Crippen LogP contribution in [-0.4, -0.2) is 16.2 Å². The van der Waals surface area contributed by atoms with Crippen molar-refractivity contribution in [1.29, 1.82) is 0 Å². The molecule has 1 unspecified atom stereocenters. The van der Waals surface area contributed by atoms with Crippen LogP contribution in [0.15, 0.2) is 42.8 Å². The van der Waals surface area contributed by atoms with Crippen LogP contribution in [0.3, 0.4) is 0 Å². The number of rotatable bonds is 8. The van der Waals surface area contributed by atoms with Gasteiger partial charge in [0.1, 0.15) is 5.01 Å². The average molecular weight is 277 g/mol. The fraction of sp³-hybridized carbons (Fsp3) is 0.438. The Kier molecular flexibility index (Phi) is 6.19. The molecule has 104 valence electrons. The molecule has 1 atom stereocenters. The minimum atomic E-state index is -0.444. The van der Waals surface area contributed by atoms with E-state index in [-0.39, 0.29) is 5.41 Å². The highest BCUT2D eigenvalue weighted by Gasteiger charge is 2.31. The van der Waals surface area contributed by atoms with Crippen LogP contribution >= 0.6 is 11.3 Å². The van der Waals surface area contributed by atoms with Gasteiger partial charge in [0.15, 0.2) is 0 Å². The van der Waals surface area contributed by atoms with Crippen LogP contribution in [0.1, 0.15) is 37.4 Å². The SMILES string of the molecule is C=CC/C=C/Cc1csc(C(C)(C)C(O)CC=C)n1. The zero-order valence-corrected chi connectivity index (χ0v) is 12.6. The van der Waals surface area contributed by atoms with Gasteiger partial charge in [0, 0.05) is 17.2 Å². The van der Waals surface area contributed by atoms with Gasteiger partial charge >= 0.3 is 0 Å². The first-order valence-corrected chi connectivity index (χ1v) is 7.40. The molecule has 2 nitrogen and oxygen atoms in total. The zero-order chi connectivity index (χ0) is 14.3. The van der Waals surface area contributed by atoms with E-state index in [2.05, 4.69) is 35.7 Å². The van der Waals surface area contributed by atoms with E-state index in [9.17, 15) is 5.11 Å². The van der Waals surface area contributed by atoms with Crippen LogP contribution in [0.5, 0.6) is 0 Å². The fourth-order valence-corrected chi connectivity index (χ4v) is 2.69. The third kappa shape index (κ3) is 4.44. The van der Waals surface area contributed by atoms with Crippen LogP contribution in [0.25, 0.3) is 0 Å². The lowest BCUT2D eigenvalue weighted by Gasteiger charge is -2.27. The lowest BCUT2D eigenvalue weighted by Crippen LogP contribution is -2.33. The van der Waals surface area contributed by atoms with Crippen molar-refractivity contribution in [3.8, 4) is 0 Å². The molecule has 0 aliphatic rings. The van der Waals surface area contributed by atoms with Gasteiger partial charge in [-0.1, -0.05) is 38.2 Å². The largest absolute Gasteiger partial charge is 0.392 e. The van der Waals surface area contributed by atoms with Gasteiger partial charge in [-0.25, -0.2) is 4.98 Å². The van der Waals surface area contributed by atoms with E-state index in [1.54, 1.807) is 17.4 Å². The predicted octanol–water partition coefficient (Wildman–Crippen LogP) is 4.03. The average Bonchev–Trinajstić information content (AvgIpc) is 2.84. The van der Waals surface area contributed by atoms with Crippen molar-refractivity contribution in [1.82, 2.24) is 4.98 Å². The lowest BCUT2D eigenvalue weighted by atomic mass is 9.85. The Bertz CT molecular complexity index is 445. The molecule has 0 fully saturated rings. The van der Waals surface area contributed by atoms with Gasteiger partial charge in [0.05, 0.1) is 11.8 Å². The summed E-state index contributed by atoms with van der Waals surface area (Å²) in [6, 6.07) is 0. The van der Waals surface area contributed by atoms with Gasteiger partial charge in [-0.15, -0.1) is 24.5 Å². The Morgan fingerprint density at radius 3 is 2.74 bits per heavy atom. The maximum Gasteiger partial charge on any atom is 0.101 e. The molecule has 3 heteroatoms. The van der Waals surface area contributed by atoms with Gasteiger partial charge in [-0.3, -0.25) is 0 Å². The number of hydrogen-bond acceptors (Lipinski definition) is 3. The number of aliphatic hydroxyl groups excluding tert-OH is 1. The second-order valence-corrected chi connectivity index (χ2v) is 5.96. The van der Waals surface area contributed by atoms with Crippen molar-refractivity contribution >= 4 is 11.3 Å². The minimum Gasteiger partial charge on any atom is -0.392 e. The Hall–Kier alpha value is -1.19. The molecule has 0 aliphatic heterocycles. The summed E-state index contributed by atoms with van der Waals surface area (Å²) in [6.45, 7) is 11.4. The first-order valence-electron chi connectivity index (χ1n) is 6.52. The van der Waals surface area contributed by atoms with E-state index >= 15 is 0 Å². The molecule has 0 saturated heterocycles. The van der Waals surface area contributed by atoms with Crippen molar-refractivity contribution in [2.75, 3.05) is 0 Å². The number of hydrogen-bond donors (Lipinski definition) is 1. The molecule has 0 amide bonds. The molecule has 1 aromatic heterocycles. The maximum absolute atomic E-state index is 10.2. The highest BCUT2D eigenvalue weighted by molar-refractivity contribution is 7.09. The standard InChI is InChI=1S/C16H23NOS/c1-5-7-8-9-11-13-12-19-15(17-13)16(3,4)14(18)10-6-2/h5-6,8-9,12,14,18H,1-2,7,10-11H2,3-4H3/b9-8+. The summed E-state index contributed by atoms with van der Waals surface area (Å²) < 4.78 is 0. The molecule has 1 aromatic rings. The molecule has 0 spiro atoms. The molecular weight excluding hydrogens is 254 g/mol. The Labute approximate surface area is 120 Å². The summed E-state index contributed by atoms with van der Waals surface area (Å²) in [7, 11) is 0. The Morgan fingerprint density at radius 2 is 2.11 bits per heavy atom. The first kappa shape index (κ1) is 15.9. The van der Waals surface area contributed by atoms with Gasteiger partial charge < -0.3 is 5.11 Å². The second kappa shape index (κ2) is 7.41. The van der Waals surface area contributed by atoms with E-state index in [0.29, 0.717) is 6.42 Å². The molecule has 0 aliphatic carbocycles. The summed E-state index contributed by atoms with van der Waals surface area (Å²) in [5.74, 6) is 0. The number of thiazole rings is 1. The Balaban J connectivity index is 2.72. The number of nitrogens with zero attached hydrogens (tertiary/aromatic N) is 1. The first-order chi connectivity index (χ1) is 9.02. The highest BCUT2D eigenvalue weighted by atomic mass is 32.1. The monoisotopic (exact) mass is 277 g/mol. The number of aliphatic hydroxyl groups is 1. The number of aromatic nitrogens is 1.